The van der Waals surface area contributed by atoms with Gasteiger partial charge in [-0.15, -0.1) is 0 Å². The molecule has 4 heteroatoms. The summed E-state index contributed by atoms with van der Waals surface area (Å²) in [6.45, 7) is 6.86. The fourth-order valence-corrected chi connectivity index (χ4v) is 2.81. The fourth-order valence-electron chi connectivity index (χ4n) is 2.68. The highest BCUT2D eigenvalue weighted by atomic mass is 35.5. The van der Waals surface area contributed by atoms with E-state index < -0.39 is 0 Å². The minimum atomic E-state index is -0.0509. The number of halogens is 1. The molecule has 1 amide bonds. The monoisotopic (exact) mass is 294 g/mol. The van der Waals surface area contributed by atoms with Crippen LogP contribution < -0.4 is 5.32 Å². The lowest BCUT2D eigenvalue weighted by atomic mass is 9.99. The number of hydrogen-bond donors (Lipinski definition) is 1. The van der Waals surface area contributed by atoms with Crippen molar-refractivity contribution in [1.29, 1.82) is 0 Å². The number of carbonyl (C=O) groups is 1. The van der Waals surface area contributed by atoms with Gasteiger partial charge in [0.1, 0.15) is 0 Å². The van der Waals surface area contributed by atoms with Gasteiger partial charge < -0.3 is 5.32 Å². The molecule has 0 aromatic heterocycles. The van der Waals surface area contributed by atoms with E-state index in [0.717, 1.165) is 23.7 Å². The Kier molecular flexibility index (Phi) is 5.44. The van der Waals surface area contributed by atoms with Crippen LogP contribution in [0.3, 0.4) is 0 Å². The number of nitrogens with one attached hydrogen (secondary N) is 1. The Morgan fingerprint density at radius 2 is 2.15 bits per heavy atom. The Labute approximate surface area is 126 Å². The Morgan fingerprint density at radius 3 is 2.80 bits per heavy atom. The lowest BCUT2D eigenvalue weighted by Gasteiger charge is -2.34. The third-order valence-electron chi connectivity index (χ3n) is 4.00. The molecule has 1 aliphatic heterocycles. The van der Waals surface area contributed by atoms with Crippen molar-refractivity contribution in [2.24, 2.45) is 5.92 Å². The number of rotatable bonds is 4. The molecule has 0 bridgehead atoms. The van der Waals surface area contributed by atoms with Gasteiger partial charge in [-0.25, -0.2) is 0 Å². The summed E-state index contributed by atoms with van der Waals surface area (Å²) >= 11 is 5.85. The third kappa shape index (κ3) is 4.22. The van der Waals surface area contributed by atoms with Gasteiger partial charge in [-0.05, 0) is 49.9 Å². The zero-order valence-electron chi connectivity index (χ0n) is 12.2. The average Bonchev–Trinajstić information content (AvgIpc) is 2.45. The summed E-state index contributed by atoms with van der Waals surface area (Å²) in [6.07, 6.45) is 2.46. The van der Waals surface area contributed by atoms with E-state index in [1.165, 1.54) is 12.8 Å². The lowest BCUT2D eigenvalue weighted by molar-refractivity contribution is -0.126. The average molecular weight is 295 g/mol. The first-order valence-electron chi connectivity index (χ1n) is 7.32. The molecule has 2 rings (SSSR count). The standard InChI is InChI=1S/C16H23ClN2O/c1-12-4-3-9-19(11-12)13(2)16(20)18-10-14-5-7-15(17)8-6-14/h5-8,12-13H,3-4,9-11H2,1-2H3,(H,18,20). The maximum atomic E-state index is 12.2. The van der Waals surface area contributed by atoms with E-state index in [0.29, 0.717) is 12.5 Å². The van der Waals surface area contributed by atoms with Crippen molar-refractivity contribution in [2.75, 3.05) is 13.1 Å². The molecule has 110 valence electrons. The second-order valence-electron chi connectivity index (χ2n) is 5.76. The van der Waals surface area contributed by atoms with Crippen LogP contribution in [0.5, 0.6) is 0 Å². The van der Waals surface area contributed by atoms with Gasteiger partial charge in [0.25, 0.3) is 0 Å². The summed E-state index contributed by atoms with van der Waals surface area (Å²) in [5, 5.41) is 3.72. The number of likely N-dealkylation sites (tertiary alicyclic amines) is 1. The molecule has 2 atom stereocenters. The van der Waals surface area contributed by atoms with Crippen LogP contribution in [-0.2, 0) is 11.3 Å². The number of nitrogens with zero attached hydrogens (tertiary/aromatic N) is 1. The van der Waals surface area contributed by atoms with Crippen molar-refractivity contribution in [1.82, 2.24) is 10.2 Å². The van der Waals surface area contributed by atoms with E-state index in [2.05, 4.69) is 17.1 Å². The molecule has 0 spiro atoms. The van der Waals surface area contributed by atoms with Crippen LogP contribution in [0.25, 0.3) is 0 Å². The number of hydrogen-bond acceptors (Lipinski definition) is 2. The Hall–Kier alpha value is -1.06. The number of amides is 1. The van der Waals surface area contributed by atoms with Crippen LogP contribution in [0.1, 0.15) is 32.3 Å². The van der Waals surface area contributed by atoms with E-state index in [4.69, 9.17) is 11.6 Å². The smallest absolute Gasteiger partial charge is 0.237 e. The van der Waals surface area contributed by atoms with Gasteiger partial charge in [0.05, 0.1) is 6.04 Å². The van der Waals surface area contributed by atoms with Crippen molar-refractivity contribution in [2.45, 2.75) is 39.3 Å². The van der Waals surface area contributed by atoms with E-state index in [-0.39, 0.29) is 11.9 Å². The highest BCUT2D eigenvalue weighted by Gasteiger charge is 2.25. The molecule has 1 heterocycles. The van der Waals surface area contributed by atoms with Crippen LogP contribution >= 0.6 is 11.6 Å². The topological polar surface area (TPSA) is 32.3 Å². The van der Waals surface area contributed by atoms with Crippen molar-refractivity contribution < 1.29 is 4.79 Å². The summed E-state index contributed by atoms with van der Waals surface area (Å²) < 4.78 is 0. The van der Waals surface area contributed by atoms with Gasteiger partial charge in [0.2, 0.25) is 5.91 Å². The highest BCUT2D eigenvalue weighted by Crippen LogP contribution is 2.17. The molecule has 1 N–H and O–H groups in total. The molecule has 20 heavy (non-hydrogen) atoms. The Morgan fingerprint density at radius 1 is 1.45 bits per heavy atom. The molecule has 1 saturated heterocycles. The normalized spacial score (nSPS) is 21.4. The first kappa shape index (κ1) is 15.3. The molecular formula is C16H23ClN2O. The van der Waals surface area contributed by atoms with E-state index in [1.807, 2.05) is 31.2 Å². The molecule has 1 aromatic carbocycles. The van der Waals surface area contributed by atoms with Gasteiger partial charge in [0.15, 0.2) is 0 Å². The Bertz CT molecular complexity index is 446. The van der Waals surface area contributed by atoms with Crippen LogP contribution in [0.2, 0.25) is 5.02 Å². The highest BCUT2D eigenvalue weighted by molar-refractivity contribution is 6.30. The van der Waals surface area contributed by atoms with Crippen LogP contribution in [-0.4, -0.2) is 29.9 Å². The minimum absolute atomic E-state index is 0.0509. The number of benzene rings is 1. The summed E-state index contributed by atoms with van der Waals surface area (Å²) in [5.41, 5.74) is 1.07. The molecule has 2 unspecified atom stereocenters. The van der Waals surface area contributed by atoms with Crippen LogP contribution in [0.15, 0.2) is 24.3 Å². The third-order valence-corrected chi connectivity index (χ3v) is 4.25. The predicted octanol–water partition coefficient (Wildman–Crippen LogP) is 3.08. The fraction of sp³-hybridized carbons (Fsp3) is 0.562. The second kappa shape index (κ2) is 7.09. The second-order valence-corrected chi connectivity index (χ2v) is 6.20. The largest absolute Gasteiger partial charge is 0.351 e. The molecular weight excluding hydrogens is 272 g/mol. The molecule has 0 radical (unpaired) electrons. The summed E-state index contributed by atoms with van der Waals surface area (Å²) in [6, 6.07) is 7.52. The zero-order chi connectivity index (χ0) is 14.5. The van der Waals surface area contributed by atoms with Gasteiger partial charge in [0, 0.05) is 18.1 Å². The van der Waals surface area contributed by atoms with E-state index in [9.17, 15) is 4.79 Å². The number of carbonyl (C=O) groups excluding carboxylic acids is 1. The van der Waals surface area contributed by atoms with E-state index >= 15 is 0 Å². The lowest BCUT2D eigenvalue weighted by Crippen LogP contribution is -2.48. The van der Waals surface area contributed by atoms with Crippen LogP contribution in [0.4, 0.5) is 0 Å². The van der Waals surface area contributed by atoms with Crippen LogP contribution in [0, 0.1) is 5.92 Å². The van der Waals surface area contributed by atoms with Gasteiger partial charge in [-0.2, -0.15) is 0 Å². The summed E-state index contributed by atoms with van der Waals surface area (Å²) in [7, 11) is 0. The SMILES string of the molecule is CC1CCCN(C(C)C(=O)NCc2ccc(Cl)cc2)C1. The molecule has 0 saturated carbocycles. The minimum Gasteiger partial charge on any atom is -0.351 e. The number of piperidine rings is 1. The molecule has 1 fully saturated rings. The molecule has 3 nitrogen and oxygen atoms in total. The van der Waals surface area contributed by atoms with E-state index in [1.54, 1.807) is 0 Å². The summed E-state index contributed by atoms with van der Waals surface area (Å²) in [5.74, 6) is 0.796. The zero-order valence-corrected chi connectivity index (χ0v) is 13.0. The molecule has 1 aliphatic rings. The molecule has 1 aromatic rings. The maximum absolute atomic E-state index is 12.2. The predicted molar refractivity (Wildman–Crippen MR) is 82.7 cm³/mol. The van der Waals surface area contributed by atoms with Crippen molar-refractivity contribution in [3.05, 3.63) is 34.9 Å². The van der Waals surface area contributed by atoms with Crippen molar-refractivity contribution >= 4 is 17.5 Å². The quantitative estimate of drug-likeness (QED) is 0.925. The summed E-state index contributed by atoms with van der Waals surface area (Å²) in [4.78, 5) is 14.5. The van der Waals surface area contributed by atoms with Gasteiger partial charge in [-0.1, -0.05) is 30.7 Å². The van der Waals surface area contributed by atoms with Crippen molar-refractivity contribution in [3.63, 3.8) is 0 Å². The molecule has 0 aliphatic carbocycles. The van der Waals surface area contributed by atoms with Gasteiger partial charge >= 0.3 is 0 Å². The Balaban J connectivity index is 1.83. The first-order chi connectivity index (χ1) is 9.56. The first-order valence-corrected chi connectivity index (χ1v) is 7.70. The van der Waals surface area contributed by atoms with Crippen molar-refractivity contribution in [3.8, 4) is 0 Å². The van der Waals surface area contributed by atoms with Gasteiger partial charge in [-0.3, -0.25) is 9.69 Å². The maximum Gasteiger partial charge on any atom is 0.237 e.